The second-order valence-corrected chi connectivity index (χ2v) is 7.30. The zero-order valence-corrected chi connectivity index (χ0v) is 16.6. The number of fused-ring (bicyclic) bond motifs is 1. The van der Waals surface area contributed by atoms with E-state index < -0.39 is 5.97 Å². The first-order valence-electron chi connectivity index (χ1n) is 9.04. The summed E-state index contributed by atoms with van der Waals surface area (Å²) in [4.78, 5) is 25.2. The van der Waals surface area contributed by atoms with Gasteiger partial charge in [-0.15, -0.1) is 0 Å². The number of aryl methyl sites for hydroxylation is 2. The van der Waals surface area contributed by atoms with E-state index in [0.29, 0.717) is 33.2 Å². The maximum atomic E-state index is 12.8. The molecule has 5 heteroatoms. The number of allylic oxidation sites excluding steroid dienone is 1. The van der Waals surface area contributed by atoms with Gasteiger partial charge in [-0.25, -0.2) is 4.79 Å². The SMILES string of the molecule is Cc1cccc(C(=O)Oc2cc(C)c3c(c2)O/C(=C\c2ccc(Cl)cc2)C3=O)c1. The van der Waals surface area contributed by atoms with E-state index in [1.54, 1.807) is 67.6 Å². The normalized spacial score (nSPS) is 13.9. The number of halogens is 1. The summed E-state index contributed by atoms with van der Waals surface area (Å²) in [6.45, 7) is 3.69. The summed E-state index contributed by atoms with van der Waals surface area (Å²) in [5.74, 6) is 0.251. The van der Waals surface area contributed by atoms with Gasteiger partial charge in [-0.05, 0) is 61.4 Å². The molecule has 1 aliphatic rings. The molecule has 0 saturated carbocycles. The minimum atomic E-state index is -0.464. The summed E-state index contributed by atoms with van der Waals surface area (Å²) in [6.07, 6.45) is 1.66. The molecule has 0 N–H and O–H groups in total. The Hall–Kier alpha value is -3.37. The second-order valence-electron chi connectivity index (χ2n) is 6.86. The third kappa shape index (κ3) is 3.93. The van der Waals surface area contributed by atoms with Gasteiger partial charge in [-0.1, -0.05) is 41.4 Å². The third-order valence-electron chi connectivity index (χ3n) is 4.58. The Kier molecular flexibility index (Phi) is 4.95. The molecular formula is C24H17ClO4. The third-order valence-corrected chi connectivity index (χ3v) is 4.83. The van der Waals surface area contributed by atoms with E-state index in [4.69, 9.17) is 21.1 Å². The first-order valence-corrected chi connectivity index (χ1v) is 9.42. The van der Waals surface area contributed by atoms with Gasteiger partial charge >= 0.3 is 5.97 Å². The van der Waals surface area contributed by atoms with E-state index in [1.165, 1.54) is 0 Å². The first-order chi connectivity index (χ1) is 13.9. The molecule has 0 spiro atoms. The van der Waals surface area contributed by atoms with Crippen molar-refractivity contribution in [1.29, 1.82) is 0 Å². The number of ketones is 1. The Balaban J connectivity index is 1.60. The molecule has 0 aromatic heterocycles. The van der Waals surface area contributed by atoms with Crippen LogP contribution in [0.1, 0.15) is 37.4 Å². The zero-order valence-electron chi connectivity index (χ0n) is 15.9. The minimum absolute atomic E-state index is 0.205. The number of hydrogen-bond donors (Lipinski definition) is 0. The summed E-state index contributed by atoms with van der Waals surface area (Å²) in [6, 6.07) is 17.5. The highest BCUT2D eigenvalue weighted by atomic mass is 35.5. The summed E-state index contributed by atoms with van der Waals surface area (Å²) in [7, 11) is 0. The zero-order chi connectivity index (χ0) is 20.5. The quantitative estimate of drug-likeness (QED) is 0.315. The van der Waals surface area contributed by atoms with Crippen molar-refractivity contribution in [3.05, 3.63) is 99.3 Å². The molecule has 0 saturated heterocycles. The van der Waals surface area contributed by atoms with Crippen LogP contribution < -0.4 is 9.47 Å². The number of benzene rings is 3. The van der Waals surface area contributed by atoms with E-state index in [1.807, 2.05) is 13.0 Å². The standard InChI is InChI=1S/C24H17ClO4/c1-14-4-3-5-17(10-14)24(27)28-19-11-15(2)22-20(13-19)29-21(23(22)26)12-16-6-8-18(25)9-7-16/h3-13H,1-2H3/b21-12-. The van der Waals surface area contributed by atoms with Gasteiger partial charge in [0.05, 0.1) is 11.1 Å². The molecule has 4 nitrogen and oxygen atoms in total. The number of rotatable bonds is 3. The van der Waals surface area contributed by atoms with Crippen LogP contribution in [0, 0.1) is 13.8 Å². The van der Waals surface area contributed by atoms with Crippen molar-refractivity contribution < 1.29 is 19.1 Å². The predicted molar refractivity (Wildman–Crippen MR) is 112 cm³/mol. The number of ether oxygens (including phenoxy) is 2. The molecule has 0 unspecified atom stereocenters. The lowest BCUT2D eigenvalue weighted by molar-refractivity contribution is 0.0734. The fraction of sp³-hybridized carbons (Fsp3) is 0.0833. The van der Waals surface area contributed by atoms with Crippen LogP contribution in [0.3, 0.4) is 0 Å². The van der Waals surface area contributed by atoms with E-state index in [2.05, 4.69) is 0 Å². The maximum Gasteiger partial charge on any atom is 0.343 e. The van der Waals surface area contributed by atoms with Gasteiger partial charge in [-0.3, -0.25) is 4.79 Å². The Labute approximate surface area is 173 Å². The molecule has 3 aromatic rings. The van der Waals surface area contributed by atoms with Crippen LogP contribution in [0.2, 0.25) is 5.02 Å². The van der Waals surface area contributed by atoms with Crippen LogP contribution in [0.15, 0.2) is 66.4 Å². The Bertz CT molecular complexity index is 1160. The van der Waals surface area contributed by atoms with Crippen molar-refractivity contribution in [2.45, 2.75) is 13.8 Å². The summed E-state index contributed by atoms with van der Waals surface area (Å²) in [5, 5.41) is 0.616. The molecule has 0 bridgehead atoms. The lowest BCUT2D eigenvalue weighted by Crippen LogP contribution is -2.09. The molecular weight excluding hydrogens is 388 g/mol. The number of carbonyl (C=O) groups excluding carboxylic acids is 2. The lowest BCUT2D eigenvalue weighted by Gasteiger charge is -2.08. The fourth-order valence-corrected chi connectivity index (χ4v) is 3.31. The van der Waals surface area contributed by atoms with Gasteiger partial charge in [0.15, 0.2) is 5.76 Å². The van der Waals surface area contributed by atoms with Crippen LogP contribution in [0.4, 0.5) is 0 Å². The summed E-state index contributed by atoms with van der Waals surface area (Å²) in [5.41, 5.74) is 3.38. The summed E-state index contributed by atoms with van der Waals surface area (Å²) < 4.78 is 11.3. The molecule has 1 aliphatic heterocycles. The van der Waals surface area contributed by atoms with Crippen molar-refractivity contribution in [2.75, 3.05) is 0 Å². The predicted octanol–water partition coefficient (Wildman–Crippen LogP) is 5.79. The van der Waals surface area contributed by atoms with E-state index in [0.717, 1.165) is 11.1 Å². The minimum Gasteiger partial charge on any atom is -0.452 e. The van der Waals surface area contributed by atoms with Gasteiger partial charge < -0.3 is 9.47 Å². The molecule has 0 aliphatic carbocycles. The molecule has 3 aromatic carbocycles. The van der Waals surface area contributed by atoms with Crippen molar-refractivity contribution in [1.82, 2.24) is 0 Å². The van der Waals surface area contributed by atoms with Crippen molar-refractivity contribution in [3.63, 3.8) is 0 Å². The Morgan fingerprint density at radius 2 is 1.79 bits per heavy atom. The summed E-state index contributed by atoms with van der Waals surface area (Å²) >= 11 is 5.90. The van der Waals surface area contributed by atoms with Gasteiger partial charge in [0.1, 0.15) is 11.5 Å². The molecule has 4 rings (SSSR count). The van der Waals surface area contributed by atoms with Gasteiger partial charge in [0, 0.05) is 11.1 Å². The highest BCUT2D eigenvalue weighted by molar-refractivity contribution is 6.30. The number of esters is 1. The van der Waals surface area contributed by atoms with Crippen LogP contribution in [-0.4, -0.2) is 11.8 Å². The van der Waals surface area contributed by atoms with Crippen molar-refractivity contribution in [2.24, 2.45) is 0 Å². The highest BCUT2D eigenvalue weighted by Gasteiger charge is 2.30. The molecule has 0 atom stereocenters. The Morgan fingerprint density at radius 1 is 1.03 bits per heavy atom. The van der Waals surface area contributed by atoms with E-state index in [-0.39, 0.29) is 11.5 Å². The molecule has 0 amide bonds. The Morgan fingerprint density at radius 3 is 2.52 bits per heavy atom. The fourth-order valence-electron chi connectivity index (χ4n) is 3.18. The number of carbonyl (C=O) groups is 2. The molecule has 29 heavy (non-hydrogen) atoms. The van der Waals surface area contributed by atoms with Crippen molar-refractivity contribution in [3.8, 4) is 11.5 Å². The van der Waals surface area contributed by atoms with E-state index >= 15 is 0 Å². The monoisotopic (exact) mass is 404 g/mol. The largest absolute Gasteiger partial charge is 0.452 e. The van der Waals surface area contributed by atoms with E-state index in [9.17, 15) is 9.59 Å². The topological polar surface area (TPSA) is 52.6 Å². The molecule has 1 heterocycles. The average Bonchev–Trinajstić information content (AvgIpc) is 2.99. The van der Waals surface area contributed by atoms with Crippen LogP contribution in [0.25, 0.3) is 6.08 Å². The van der Waals surface area contributed by atoms with Crippen LogP contribution >= 0.6 is 11.6 Å². The van der Waals surface area contributed by atoms with Gasteiger partial charge in [0.25, 0.3) is 0 Å². The highest BCUT2D eigenvalue weighted by Crippen LogP contribution is 2.37. The van der Waals surface area contributed by atoms with Crippen LogP contribution in [-0.2, 0) is 0 Å². The molecule has 144 valence electrons. The first kappa shape index (κ1) is 19.0. The van der Waals surface area contributed by atoms with Gasteiger partial charge in [-0.2, -0.15) is 0 Å². The van der Waals surface area contributed by atoms with Crippen molar-refractivity contribution >= 4 is 29.4 Å². The average molecular weight is 405 g/mol. The second kappa shape index (κ2) is 7.57. The maximum absolute atomic E-state index is 12.8. The number of hydrogen-bond acceptors (Lipinski definition) is 4. The smallest absolute Gasteiger partial charge is 0.343 e. The van der Waals surface area contributed by atoms with Gasteiger partial charge in [0.2, 0.25) is 5.78 Å². The lowest BCUT2D eigenvalue weighted by atomic mass is 10.0. The number of Topliss-reactive ketones (excluding diaryl/α,β-unsaturated/α-hetero) is 1. The van der Waals surface area contributed by atoms with Crippen LogP contribution in [0.5, 0.6) is 11.5 Å². The molecule has 0 radical (unpaired) electrons. The molecule has 0 fully saturated rings.